The summed E-state index contributed by atoms with van der Waals surface area (Å²) in [5.74, 6) is 5.60. The molecule has 0 spiro atoms. The fraction of sp³-hybridized carbons (Fsp3) is 1.00. The van der Waals surface area contributed by atoms with Crippen molar-refractivity contribution in [2.45, 2.75) is 33.7 Å². The fourth-order valence-electron chi connectivity index (χ4n) is 1.25. The molecule has 3 nitrogen and oxygen atoms in total. The van der Waals surface area contributed by atoms with Gasteiger partial charge in [-0.3, -0.25) is 10.7 Å². The van der Waals surface area contributed by atoms with Gasteiger partial charge in [-0.1, -0.05) is 13.8 Å². The second-order valence-corrected chi connectivity index (χ2v) is 3.17. The Balaban J connectivity index is 0.000000561. The average Bonchev–Trinajstić information content (AvgIpc) is 2.09. The predicted molar refractivity (Wildman–Crippen MR) is 53.8 cm³/mol. The lowest BCUT2D eigenvalue weighted by Gasteiger charge is -2.34. The minimum absolute atomic E-state index is 0.675. The first-order valence-electron chi connectivity index (χ1n) is 4.94. The third-order valence-corrected chi connectivity index (χ3v) is 2.08. The van der Waals surface area contributed by atoms with Gasteiger partial charge >= 0.3 is 0 Å². The minimum Gasteiger partial charge on any atom is -0.298 e. The lowest BCUT2D eigenvalue weighted by atomic mass is 10.2. The Kier molecular flexibility index (Phi) is 6.34. The lowest BCUT2D eigenvalue weighted by molar-refractivity contribution is 0.109. The molecule has 1 aliphatic rings. The summed E-state index contributed by atoms with van der Waals surface area (Å²) in [5.41, 5.74) is 0. The van der Waals surface area contributed by atoms with Gasteiger partial charge in [0.05, 0.1) is 0 Å². The van der Waals surface area contributed by atoms with Crippen LogP contribution in [0, 0.1) is 0 Å². The highest BCUT2D eigenvalue weighted by molar-refractivity contribution is 4.70. The highest BCUT2D eigenvalue weighted by Gasteiger charge is 2.15. The Morgan fingerprint density at radius 3 is 1.75 bits per heavy atom. The number of nitrogens with zero attached hydrogens (tertiary/aromatic N) is 2. The molecular weight excluding hydrogens is 150 g/mol. The van der Waals surface area contributed by atoms with Crippen LogP contribution in [0.3, 0.4) is 0 Å². The molecular formula is C9H23N3. The van der Waals surface area contributed by atoms with Crippen LogP contribution in [0.15, 0.2) is 0 Å². The predicted octanol–water partition coefficient (Wildman–Crippen LogP) is 0.912. The van der Waals surface area contributed by atoms with Crippen molar-refractivity contribution in [3.05, 3.63) is 0 Å². The molecule has 2 N–H and O–H groups in total. The Morgan fingerprint density at radius 2 is 1.42 bits per heavy atom. The van der Waals surface area contributed by atoms with E-state index in [-0.39, 0.29) is 0 Å². The molecule has 0 atom stereocenters. The monoisotopic (exact) mass is 173 g/mol. The van der Waals surface area contributed by atoms with Crippen LogP contribution >= 0.6 is 0 Å². The maximum atomic E-state index is 5.60. The quantitative estimate of drug-likeness (QED) is 0.598. The van der Waals surface area contributed by atoms with Crippen LogP contribution in [-0.4, -0.2) is 42.1 Å². The van der Waals surface area contributed by atoms with Crippen molar-refractivity contribution in [2.75, 3.05) is 26.2 Å². The standard InChI is InChI=1S/C7H17N3.C2H6/c1-7(2)9-3-5-10(8)6-4-9;1-2/h7H,3-6,8H2,1-2H3;1-2H3. The van der Waals surface area contributed by atoms with E-state index in [0.29, 0.717) is 6.04 Å². The molecule has 0 aliphatic carbocycles. The second kappa shape index (κ2) is 6.40. The Morgan fingerprint density at radius 1 is 1.00 bits per heavy atom. The zero-order valence-electron chi connectivity index (χ0n) is 8.88. The number of hydrogen-bond donors (Lipinski definition) is 1. The first kappa shape index (κ1) is 11.9. The van der Waals surface area contributed by atoms with Crippen LogP contribution in [0.25, 0.3) is 0 Å². The van der Waals surface area contributed by atoms with Crippen molar-refractivity contribution in [3.8, 4) is 0 Å². The van der Waals surface area contributed by atoms with Crippen LogP contribution in [-0.2, 0) is 0 Å². The van der Waals surface area contributed by atoms with Gasteiger partial charge in [0.2, 0.25) is 0 Å². The molecule has 1 fully saturated rings. The molecule has 0 amide bonds. The summed E-state index contributed by atoms with van der Waals surface area (Å²) in [6, 6.07) is 0.675. The van der Waals surface area contributed by atoms with Crippen LogP contribution in [0.2, 0.25) is 0 Å². The fourth-order valence-corrected chi connectivity index (χ4v) is 1.25. The van der Waals surface area contributed by atoms with Gasteiger partial charge in [-0.05, 0) is 13.8 Å². The van der Waals surface area contributed by atoms with E-state index in [0.717, 1.165) is 26.2 Å². The van der Waals surface area contributed by atoms with Gasteiger partial charge in [0, 0.05) is 32.2 Å². The Labute approximate surface area is 76.5 Å². The van der Waals surface area contributed by atoms with Crippen molar-refractivity contribution < 1.29 is 0 Å². The Bertz CT molecular complexity index is 95.9. The first-order chi connectivity index (χ1) is 5.70. The van der Waals surface area contributed by atoms with Crippen molar-refractivity contribution in [2.24, 2.45) is 5.84 Å². The van der Waals surface area contributed by atoms with E-state index in [1.807, 2.05) is 18.9 Å². The summed E-state index contributed by atoms with van der Waals surface area (Å²) >= 11 is 0. The maximum Gasteiger partial charge on any atom is 0.0257 e. The lowest BCUT2D eigenvalue weighted by Crippen LogP contribution is -2.51. The number of rotatable bonds is 1. The minimum atomic E-state index is 0.675. The van der Waals surface area contributed by atoms with Gasteiger partial charge < -0.3 is 0 Å². The third kappa shape index (κ3) is 4.04. The van der Waals surface area contributed by atoms with Crippen LogP contribution in [0.5, 0.6) is 0 Å². The van der Waals surface area contributed by atoms with E-state index >= 15 is 0 Å². The van der Waals surface area contributed by atoms with E-state index in [1.165, 1.54) is 0 Å². The third-order valence-electron chi connectivity index (χ3n) is 2.08. The van der Waals surface area contributed by atoms with E-state index in [4.69, 9.17) is 5.84 Å². The number of hydrazine groups is 1. The largest absolute Gasteiger partial charge is 0.298 e. The summed E-state index contributed by atoms with van der Waals surface area (Å²) in [6.45, 7) is 12.7. The molecule has 74 valence electrons. The van der Waals surface area contributed by atoms with E-state index in [9.17, 15) is 0 Å². The van der Waals surface area contributed by atoms with Crippen molar-refractivity contribution >= 4 is 0 Å². The van der Waals surface area contributed by atoms with E-state index in [1.54, 1.807) is 0 Å². The molecule has 0 aromatic carbocycles. The molecule has 3 heteroatoms. The summed E-state index contributed by atoms with van der Waals surface area (Å²) in [4.78, 5) is 2.45. The van der Waals surface area contributed by atoms with Gasteiger partial charge in [0.15, 0.2) is 0 Å². The maximum absolute atomic E-state index is 5.60. The molecule has 0 aromatic heterocycles. The van der Waals surface area contributed by atoms with E-state index in [2.05, 4.69) is 18.7 Å². The molecule has 0 unspecified atom stereocenters. The molecule has 0 saturated carbocycles. The van der Waals surface area contributed by atoms with Gasteiger partial charge in [-0.15, -0.1) is 0 Å². The summed E-state index contributed by atoms with van der Waals surface area (Å²) in [5, 5.41) is 1.89. The van der Waals surface area contributed by atoms with Crippen molar-refractivity contribution in [1.82, 2.24) is 9.91 Å². The van der Waals surface area contributed by atoms with Gasteiger partial charge in [-0.25, -0.2) is 5.01 Å². The average molecular weight is 173 g/mol. The van der Waals surface area contributed by atoms with Crippen LogP contribution in [0.1, 0.15) is 27.7 Å². The van der Waals surface area contributed by atoms with Crippen molar-refractivity contribution in [1.29, 1.82) is 0 Å². The zero-order chi connectivity index (χ0) is 9.56. The topological polar surface area (TPSA) is 32.5 Å². The van der Waals surface area contributed by atoms with Gasteiger partial charge in [0.1, 0.15) is 0 Å². The van der Waals surface area contributed by atoms with E-state index < -0.39 is 0 Å². The highest BCUT2D eigenvalue weighted by atomic mass is 15.4. The molecule has 1 aliphatic heterocycles. The molecule has 0 aromatic rings. The number of hydrogen-bond acceptors (Lipinski definition) is 3. The SMILES string of the molecule is CC.CC(C)N1CCN(N)CC1. The zero-order valence-corrected chi connectivity index (χ0v) is 8.88. The smallest absolute Gasteiger partial charge is 0.0257 e. The molecule has 0 radical (unpaired) electrons. The summed E-state index contributed by atoms with van der Waals surface area (Å²) < 4.78 is 0. The van der Waals surface area contributed by atoms with Gasteiger partial charge in [0.25, 0.3) is 0 Å². The summed E-state index contributed by atoms with van der Waals surface area (Å²) in [7, 11) is 0. The molecule has 12 heavy (non-hydrogen) atoms. The first-order valence-corrected chi connectivity index (χ1v) is 4.94. The molecule has 1 saturated heterocycles. The second-order valence-electron chi connectivity index (χ2n) is 3.17. The number of piperazine rings is 1. The van der Waals surface area contributed by atoms with Crippen molar-refractivity contribution in [3.63, 3.8) is 0 Å². The normalized spacial score (nSPS) is 20.5. The highest BCUT2D eigenvalue weighted by Crippen LogP contribution is 2.01. The summed E-state index contributed by atoms with van der Waals surface area (Å²) in [6.07, 6.45) is 0. The van der Waals surface area contributed by atoms with Gasteiger partial charge in [-0.2, -0.15) is 0 Å². The Hall–Kier alpha value is -0.120. The van der Waals surface area contributed by atoms with Crippen LogP contribution in [0.4, 0.5) is 0 Å². The molecule has 1 rings (SSSR count). The molecule has 1 heterocycles. The molecule has 0 bridgehead atoms. The van der Waals surface area contributed by atoms with Crippen LogP contribution < -0.4 is 5.84 Å². The number of nitrogens with two attached hydrogens (primary N) is 1.